The summed E-state index contributed by atoms with van der Waals surface area (Å²) < 4.78 is 5.63. The fraction of sp³-hybridized carbons (Fsp3) is 0.929. The zero-order chi connectivity index (χ0) is 13.7. The lowest BCUT2D eigenvalue weighted by Gasteiger charge is -2.32. The summed E-state index contributed by atoms with van der Waals surface area (Å²) in [6.45, 7) is 8.21. The average molecular weight is 257 g/mol. The van der Waals surface area contributed by atoms with E-state index in [9.17, 15) is 9.90 Å². The van der Waals surface area contributed by atoms with E-state index in [1.807, 2.05) is 13.8 Å². The standard InChI is InChI=1S/C14H27NO3/c1-9(2)5-13(8-16)15-14(17)12-6-10(3)18-11(4)7-12/h9-13,16H,5-8H2,1-4H3,(H,15,17). The molecule has 0 bridgehead atoms. The van der Waals surface area contributed by atoms with Crippen LogP contribution in [0.15, 0.2) is 0 Å². The maximum absolute atomic E-state index is 12.2. The fourth-order valence-corrected chi connectivity index (χ4v) is 2.69. The van der Waals surface area contributed by atoms with Crippen molar-refractivity contribution in [3.63, 3.8) is 0 Å². The Balaban J connectivity index is 2.47. The van der Waals surface area contributed by atoms with Crippen LogP contribution in [0.2, 0.25) is 0 Å². The lowest BCUT2D eigenvalue weighted by molar-refractivity contribution is -0.134. The Morgan fingerprint density at radius 2 is 1.89 bits per heavy atom. The molecule has 4 nitrogen and oxygen atoms in total. The number of aliphatic hydroxyl groups excluding tert-OH is 1. The Labute approximate surface area is 110 Å². The first-order valence-electron chi connectivity index (χ1n) is 6.99. The molecule has 0 spiro atoms. The number of amides is 1. The van der Waals surface area contributed by atoms with E-state index in [4.69, 9.17) is 4.74 Å². The number of carbonyl (C=O) groups excluding carboxylic acids is 1. The average Bonchev–Trinajstić information content (AvgIpc) is 2.26. The third kappa shape index (κ3) is 4.94. The lowest BCUT2D eigenvalue weighted by atomic mass is 9.91. The molecule has 0 aromatic rings. The van der Waals surface area contributed by atoms with Crippen LogP contribution in [0.5, 0.6) is 0 Å². The number of aliphatic hydroxyl groups is 1. The summed E-state index contributed by atoms with van der Waals surface area (Å²) in [7, 11) is 0. The molecule has 0 aromatic heterocycles. The predicted octanol–water partition coefficient (Wildman–Crippen LogP) is 1.71. The maximum Gasteiger partial charge on any atom is 0.223 e. The van der Waals surface area contributed by atoms with Crippen LogP contribution in [0.4, 0.5) is 0 Å². The highest BCUT2D eigenvalue weighted by Gasteiger charge is 2.30. The number of hydrogen-bond acceptors (Lipinski definition) is 3. The zero-order valence-corrected chi connectivity index (χ0v) is 12.0. The Morgan fingerprint density at radius 3 is 2.33 bits per heavy atom. The highest BCUT2D eigenvalue weighted by Crippen LogP contribution is 2.25. The zero-order valence-electron chi connectivity index (χ0n) is 12.0. The van der Waals surface area contributed by atoms with E-state index >= 15 is 0 Å². The van der Waals surface area contributed by atoms with E-state index in [0.717, 1.165) is 19.3 Å². The van der Waals surface area contributed by atoms with Crippen LogP contribution in [0, 0.1) is 11.8 Å². The van der Waals surface area contributed by atoms with Gasteiger partial charge in [-0.3, -0.25) is 4.79 Å². The van der Waals surface area contributed by atoms with E-state index < -0.39 is 0 Å². The molecule has 1 aliphatic heterocycles. The Morgan fingerprint density at radius 1 is 1.33 bits per heavy atom. The van der Waals surface area contributed by atoms with Crippen LogP contribution in [-0.4, -0.2) is 35.9 Å². The second-order valence-corrected chi connectivity index (χ2v) is 5.94. The van der Waals surface area contributed by atoms with Crippen LogP contribution in [-0.2, 0) is 9.53 Å². The number of nitrogens with one attached hydrogen (secondary N) is 1. The van der Waals surface area contributed by atoms with Crippen LogP contribution in [0.1, 0.15) is 47.0 Å². The molecule has 1 heterocycles. The van der Waals surface area contributed by atoms with Crippen molar-refractivity contribution in [2.75, 3.05) is 6.61 Å². The molecule has 1 rings (SSSR count). The number of ether oxygens (including phenoxy) is 1. The van der Waals surface area contributed by atoms with Gasteiger partial charge in [-0.2, -0.15) is 0 Å². The van der Waals surface area contributed by atoms with Crippen LogP contribution in [0.3, 0.4) is 0 Å². The molecule has 1 fully saturated rings. The van der Waals surface area contributed by atoms with Gasteiger partial charge < -0.3 is 15.2 Å². The van der Waals surface area contributed by atoms with E-state index in [1.54, 1.807) is 0 Å². The quantitative estimate of drug-likeness (QED) is 0.788. The predicted molar refractivity (Wildman–Crippen MR) is 71.2 cm³/mol. The monoisotopic (exact) mass is 257 g/mol. The molecule has 1 aliphatic rings. The molecule has 106 valence electrons. The summed E-state index contributed by atoms with van der Waals surface area (Å²) in [6.07, 6.45) is 2.65. The molecular formula is C14H27NO3. The number of hydrogen-bond donors (Lipinski definition) is 2. The third-order valence-corrected chi connectivity index (χ3v) is 3.39. The number of carbonyl (C=O) groups is 1. The van der Waals surface area contributed by atoms with Gasteiger partial charge in [0.15, 0.2) is 0 Å². The highest BCUT2D eigenvalue weighted by atomic mass is 16.5. The molecule has 1 amide bonds. The summed E-state index contributed by atoms with van der Waals surface area (Å²) in [6, 6.07) is -0.119. The molecule has 18 heavy (non-hydrogen) atoms. The second-order valence-electron chi connectivity index (χ2n) is 5.94. The molecule has 0 radical (unpaired) electrons. The fourth-order valence-electron chi connectivity index (χ4n) is 2.69. The van der Waals surface area contributed by atoms with Crippen molar-refractivity contribution < 1.29 is 14.6 Å². The normalized spacial score (nSPS) is 30.2. The van der Waals surface area contributed by atoms with Gasteiger partial charge in [0.2, 0.25) is 5.91 Å². The van der Waals surface area contributed by atoms with E-state index in [0.29, 0.717) is 5.92 Å². The summed E-state index contributed by atoms with van der Waals surface area (Å²) in [5.74, 6) is 0.552. The third-order valence-electron chi connectivity index (χ3n) is 3.39. The lowest BCUT2D eigenvalue weighted by Crippen LogP contribution is -2.45. The first-order chi connectivity index (χ1) is 8.42. The Kier molecular flexibility index (Phi) is 6.09. The number of rotatable bonds is 5. The van der Waals surface area contributed by atoms with Crippen molar-refractivity contribution >= 4 is 5.91 Å². The largest absolute Gasteiger partial charge is 0.394 e. The van der Waals surface area contributed by atoms with E-state index in [1.165, 1.54) is 0 Å². The first-order valence-corrected chi connectivity index (χ1v) is 6.99. The molecule has 2 N–H and O–H groups in total. The molecule has 4 heteroatoms. The van der Waals surface area contributed by atoms with Gasteiger partial charge >= 0.3 is 0 Å². The smallest absolute Gasteiger partial charge is 0.223 e. The maximum atomic E-state index is 12.2. The van der Waals surface area contributed by atoms with E-state index in [2.05, 4.69) is 19.2 Å². The van der Waals surface area contributed by atoms with Crippen LogP contribution < -0.4 is 5.32 Å². The minimum Gasteiger partial charge on any atom is -0.394 e. The molecule has 0 aliphatic carbocycles. The summed E-state index contributed by atoms with van der Waals surface area (Å²) in [5.41, 5.74) is 0. The van der Waals surface area contributed by atoms with Gasteiger partial charge in [0, 0.05) is 5.92 Å². The van der Waals surface area contributed by atoms with Crippen molar-refractivity contribution in [2.45, 2.75) is 65.2 Å². The van der Waals surface area contributed by atoms with Gasteiger partial charge in [-0.15, -0.1) is 0 Å². The van der Waals surface area contributed by atoms with Crippen LogP contribution in [0.25, 0.3) is 0 Å². The van der Waals surface area contributed by atoms with Crippen molar-refractivity contribution in [3.8, 4) is 0 Å². The molecule has 3 atom stereocenters. The van der Waals surface area contributed by atoms with Crippen molar-refractivity contribution in [1.29, 1.82) is 0 Å². The second kappa shape index (κ2) is 7.10. The minimum atomic E-state index is -0.119. The minimum absolute atomic E-state index is 0.0121. The summed E-state index contributed by atoms with van der Waals surface area (Å²) in [5, 5.41) is 12.3. The van der Waals surface area contributed by atoms with Gasteiger partial charge in [0.05, 0.1) is 24.9 Å². The summed E-state index contributed by atoms with van der Waals surface area (Å²) in [4.78, 5) is 12.2. The van der Waals surface area contributed by atoms with Gasteiger partial charge in [-0.05, 0) is 39.0 Å². The summed E-state index contributed by atoms with van der Waals surface area (Å²) >= 11 is 0. The molecular weight excluding hydrogens is 230 g/mol. The van der Waals surface area contributed by atoms with Crippen molar-refractivity contribution in [1.82, 2.24) is 5.32 Å². The van der Waals surface area contributed by atoms with Gasteiger partial charge in [0.25, 0.3) is 0 Å². The van der Waals surface area contributed by atoms with Gasteiger partial charge in [-0.1, -0.05) is 13.8 Å². The first kappa shape index (κ1) is 15.4. The topological polar surface area (TPSA) is 58.6 Å². The molecule has 0 aromatic carbocycles. The SMILES string of the molecule is CC(C)CC(CO)NC(=O)C1CC(C)OC(C)C1. The highest BCUT2D eigenvalue weighted by molar-refractivity contribution is 5.79. The van der Waals surface area contributed by atoms with E-state index in [-0.39, 0.29) is 36.7 Å². The van der Waals surface area contributed by atoms with Crippen molar-refractivity contribution in [3.05, 3.63) is 0 Å². The van der Waals surface area contributed by atoms with Gasteiger partial charge in [0.1, 0.15) is 0 Å². The Hall–Kier alpha value is -0.610. The Bertz CT molecular complexity index is 258. The van der Waals surface area contributed by atoms with Crippen molar-refractivity contribution in [2.24, 2.45) is 11.8 Å². The van der Waals surface area contributed by atoms with Crippen LogP contribution >= 0.6 is 0 Å². The molecule has 0 saturated carbocycles. The molecule has 1 saturated heterocycles. The van der Waals surface area contributed by atoms with Gasteiger partial charge in [-0.25, -0.2) is 0 Å². The molecule has 3 unspecified atom stereocenters.